The van der Waals surface area contributed by atoms with Gasteiger partial charge < -0.3 is 9.80 Å². The second-order valence-corrected chi connectivity index (χ2v) is 5.88. The summed E-state index contributed by atoms with van der Waals surface area (Å²) in [5.74, 6) is 1.14. The third-order valence-corrected chi connectivity index (χ3v) is 4.17. The highest BCUT2D eigenvalue weighted by atomic mass is 16.2. The number of carbonyl (C=O) groups is 1. The van der Waals surface area contributed by atoms with E-state index < -0.39 is 0 Å². The van der Waals surface area contributed by atoms with Gasteiger partial charge in [-0.15, -0.1) is 0 Å². The molecule has 112 valence electrons. The van der Waals surface area contributed by atoms with Crippen molar-refractivity contribution in [1.29, 1.82) is 0 Å². The summed E-state index contributed by atoms with van der Waals surface area (Å²) in [4.78, 5) is 18.6. The highest BCUT2D eigenvalue weighted by Crippen LogP contribution is 2.20. The SMILES string of the molecule is CCN(CC)C(=O)CN1CCC(CCN(C)C)CC1. The molecule has 1 heterocycles. The number of rotatable bonds is 7. The Morgan fingerprint density at radius 2 is 1.74 bits per heavy atom. The predicted molar refractivity (Wildman–Crippen MR) is 80.3 cm³/mol. The molecular formula is C15H31N3O. The van der Waals surface area contributed by atoms with Crippen LogP contribution in [0.5, 0.6) is 0 Å². The summed E-state index contributed by atoms with van der Waals surface area (Å²) in [6.07, 6.45) is 3.80. The Hall–Kier alpha value is -0.610. The molecule has 0 bridgehead atoms. The van der Waals surface area contributed by atoms with Crippen molar-refractivity contribution >= 4 is 5.91 Å². The molecule has 4 heteroatoms. The number of amides is 1. The van der Waals surface area contributed by atoms with Gasteiger partial charge in [0, 0.05) is 13.1 Å². The largest absolute Gasteiger partial charge is 0.342 e. The van der Waals surface area contributed by atoms with E-state index in [1.807, 2.05) is 4.90 Å². The highest BCUT2D eigenvalue weighted by Gasteiger charge is 2.22. The van der Waals surface area contributed by atoms with E-state index in [-0.39, 0.29) is 5.91 Å². The number of carbonyl (C=O) groups excluding carboxylic acids is 1. The summed E-state index contributed by atoms with van der Waals surface area (Å²) < 4.78 is 0. The lowest BCUT2D eigenvalue weighted by molar-refractivity contribution is -0.132. The van der Waals surface area contributed by atoms with Crippen LogP contribution in [0, 0.1) is 5.92 Å². The average Bonchev–Trinajstić information content (AvgIpc) is 2.39. The van der Waals surface area contributed by atoms with Gasteiger partial charge in [-0.3, -0.25) is 9.69 Å². The highest BCUT2D eigenvalue weighted by molar-refractivity contribution is 5.78. The molecule has 0 aromatic heterocycles. The van der Waals surface area contributed by atoms with Gasteiger partial charge in [0.25, 0.3) is 0 Å². The number of likely N-dealkylation sites (tertiary alicyclic amines) is 1. The quantitative estimate of drug-likeness (QED) is 0.701. The van der Waals surface area contributed by atoms with Crippen molar-refractivity contribution in [3.63, 3.8) is 0 Å². The molecule has 0 unspecified atom stereocenters. The minimum Gasteiger partial charge on any atom is -0.342 e. The van der Waals surface area contributed by atoms with Gasteiger partial charge in [0.05, 0.1) is 6.54 Å². The standard InChI is InChI=1S/C15H31N3O/c1-5-18(6-2)15(19)13-17-11-8-14(9-12-17)7-10-16(3)4/h14H,5-13H2,1-4H3. The van der Waals surface area contributed by atoms with Crippen LogP contribution in [0.4, 0.5) is 0 Å². The van der Waals surface area contributed by atoms with Gasteiger partial charge in [-0.1, -0.05) is 0 Å². The van der Waals surface area contributed by atoms with E-state index in [9.17, 15) is 4.79 Å². The minimum absolute atomic E-state index is 0.289. The molecule has 4 nitrogen and oxygen atoms in total. The second-order valence-electron chi connectivity index (χ2n) is 5.88. The molecule has 0 atom stereocenters. The normalized spacial score (nSPS) is 17.9. The maximum atomic E-state index is 12.0. The van der Waals surface area contributed by atoms with Crippen molar-refractivity contribution in [3.05, 3.63) is 0 Å². The fraction of sp³-hybridized carbons (Fsp3) is 0.933. The van der Waals surface area contributed by atoms with Gasteiger partial charge in [-0.25, -0.2) is 0 Å². The van der Waals surface area contributed by atoms with Gasteiger partial charge in [0.15, 0.2) is 0 Å². The zero-order chi connectivity index (χ0) is 14.3. The Bertz CT molecular complexity index is 256. The zero-order valence-electron chi connectivity index (χ0n) is 13.2. The topological polar surface area (TPSA) is 26.8 Å². The van der Waals surface area contributed by atoms with E-state index in [4.69, 9.17) is 0 Å². The smallest absolute Gasteiger partial charge is 0.236 e. The molecule has 0 saturated carbocycles. The van der Waals surface area contributed by atoms with Crippen LogP contribution in [0.1, 0.15) is 33.1 Å². The van der Waals surface area contributed by atoms with Gasteiger partial charge in [-0.2, -0.15) is 0 Å². The molecule has 1 amide bonds. The lowest BCUT2D eigenvalue weighted by atomic mass is 9.93. The number of hydrogen-bond donors (Lipinski definition) is 0. The summed E-state index contributed by atoms with van der Waals surface area (Å²) >= 11 is 0. The first-order valence-electron chi connectivity index (χ1n) is 7.71. The van der Waals surface area contributed by atoms with E-state index in [0.717, 1.165) is 32.1 Å². The monoisotopic (exact) mass is 269 g/mol. The van der Waals surface area contributed by atoms with Crippen molar-refractivity contribution in [1.82, 2.24) is 14.7 Å². The van der Waals surface area contributed by atoms with Gasteiger partial charge in [0.1, 0.15) is 0 Å². The third-order valence-electron chi connectivity index (χ3n) is 4.17. The molecule has 0 aromatic rings. The Balaban J connectivity index is 2.24. The molecule has 0 N–H and O–H groups in total. The molecular weight excluding hydrogens is 238 g/mol. The Morgan fingerprint density at radius 3 is 2.21 bits per heavy atom. The molecule has 0 spiro atoms. The minimum atomic E-state index is 0.289. The second kappa shape index (κ2) is 8.54. The van der Waals surface area contributed by atoms with Gasteiger partial charge >= 0.3 is 0 Å². The molecule has 0 radical (unpaired) electrons. The molecule has 0 aliphatic carbocycles. The van der Waals surface area contributed by atoms with E-state index in [0.29, 0.717) is 6.54 Å². The lowest BCUT2D eigenvalue weighted by Crippen LogP contribution is -2.43. The van der Waals surface area contributed by atoms with Crippen LogP contribution in [-0.4, -0.2) is 74.0 Å². The first-order chi connectivity index (χ1) is 9.06. The van der Waals surface area contributed by atoms with Crippen molar-refractivity contribution in [2.24, 2.45) is 5.92 Å². The van der Waals surface area contributed by atoms with Crippen LogP contribution in [-0.2, 0) is 4.79 Å². The molecule has 1 rings (SSSR count). The maximum absolute atomic E-state index is 12.0. The molecule has 1 fully saturated rings. The first-order valence-corrected chi connectivity index (χ1v) is 7.71. The number of likely N-dealkylation sites (N-methyl/N-ethyl adjacent to an activating group) is 1. The molecule has 1 aliphatic rings. The summed E-state index contributed by atoms with van der Waals surface area (Å²) in [6, 6.07) is 0. The predicted octanol–water partition coefficient (Wildman–Crippen LogP) is 1.52. The van der Waals surface area contributed by atoms with Crippen LogP contribution in [0.15, 0.2) is 0 Å². The van der Waals surface area contributed by atoms with Crippen LogP contribution >= 0.6 is 0 Å². The van der Waals surface area contributed by atoms with E-state index in [2.05, 4.69) is 37.7 Å². The zero-order valence-corrected chi connectivity index (χ0v) is 13.2. The van der Waals surface area contributed by atoms with E-state index >= 15 is 0 Å². The van der Waals surface area contributed by atoms with Crippen molar-refractivity contribution in [2.75, 3.05) is 53.4 Å². The summed E-state index contributed by atoms with van der Waals surface area (Å²) in [5.41, 5.74) is 0. The Kier molecular flexibility index (Phi) is 7.39. The Morgan fingerprint density at radius 1 is 1.16 bits per heavy atom. The average molecular weight is 269 g/mol. The van der Waals surface area contributed by atoms with E-state index in [1.165, 1.54) is 25.8 Å². The summed E-state index contributed by atoms with van der Waals surface area (Å²) in [7, 11) is 4.27. The Labute approximate surface area is 118 Å². The van der Waals surface area contributed by atoms with Crippen LogP contribution in [0.25, 0.3) is 0 Å². The third kappa shape index (κ3) is 5.91. The molecule has 19 heavy (non-hydrogen) atoms. The number of hydrogen-bond acceptors (Lipinski definition) is 3. The van der Waals surface area contributed by atoms with Crippen molar-refractivity contribution < 1.29 is 4.79 Å². The number of piperidine rings is 1. The van der Waals surface area contributed by atoms with Gasteiger partial charge in [0.2, 0.25) is 5.91 Å². The van der Waals surface area contributed by atoms with Crippen LogP contribution in [0.2, 0.25) is 0 Å². The molecule has 0 aromatic carbocycles. The number of nitrogens with zero attached hydrogens (tertiary/aromatic N) is 3. The van der Waals surface area contributed by atoms with Crippen molar-refractivity contribution in [2.45, 2.75) is 33.1 Å². The van der Waals surface area contributed by atoms with E-state index in [1.54, 1.807) is 0 Å². The van der Waals surface area contributed by atoms with Crippen LogP contribution < -0.4 is 0 Å². The van der Waals surface area contributed by atoms with Gasteiger partial charge in [-0.05, 0) is 72.8 Å². The molecule has 1 saturated heterocycles. The summed E-state index contributed by atoms with van der Waals surface area (Å²) in [5, 5.41) is 0. The molecule has 1 aliphatic heterocycles. The lowest BCUT2D eigenvalue weighted by Gasteiger charge is -2.33. The van der Waals surface area contributed by atoms with Crippen LogP contribution in [0.3, 0.4) is 0 Å². The maximum Gasteiger partial charge on any atom is 0.236 e. The van der Waals surface area contributed by atoms with Crippen molar-refractivity contribution in [3.8, 4) is 0 Å². The fourth-order valence-electron chi connectivity index (χ4n) is 2.74. The first kappa shape index (κ1) is 16.4. The summed E-state index contributed by atoms with van der Waals surface area (Å²) in [6.45, 7) is 9.73. The fourth-order valence-corrected chi connectivity index (χ4v) is 2.74.